The summed E-state index contributed by atoms with van der Waals surface area (Å²) in [4.78, 5) is 11.7. The Bertz CT molecular complexity index is 216. The van der Waals surface area contributed by atoms with Crippen LogP contribution in [-0.2, 0) is 9.53 Å². The molecule has 1 amide bonds. The number of hydrogen-bond donors (Lipinski definition) is 1. The summed E-state index contributed by atoms with van der Waals surface area (Å²) in [5.74, 6) is 0.603. The first-order valence-electron chi connectivity index (χ1n) is 5.83. The second-order valence-corrected chi connectivity index (χ2v) is 5.02. The van der Waals surface area contributed by atoms with E-state index in [1.54, 1.807) is 7.11 Å². The van der Waals surface area contributed by atoms with E-state index in [9.17, 15) is 4.79 Å². The minimum absolute atomic E-state index is 0.123. The molecule has 0 radical (unpaired) electrons. The maximum Gasteiger partial charge on any atom is 0.223 e. The lowest BCUT2D eigenvalue weighted by Gasteiger charge is -2.40. The molecule has 1 rings (SSSR count). The number of nitrogens with one attached hydrogen (secondary N) is 1. The lowest BCUT2D eigenvalue weighted by Crippen LogP contribution is -2.46. The van der Waals surface area contributed by atoms with Crippen molar-refractivity contribution in [1.29, 1.82) is 0 Å². The molecule has 0 heterocycles. The van der Waals surface area contributed by atoms with Crippen molar-refractivity contribution in [3.05, 3.63) is 0 Å². The lowest BCUT2D eigenvalue weighted by atomic mass is 9.77. The molecule has 0 aromatic rings. The van der Waals surface area contributed by atoms with Crippen LogP contribution in [0, 0.1) is 5.92 Å². The van der Waals surface area contributed by atoms with Crippen molar-refractivity contribution in [2.24, 2.45) is 5.92 Å². The van der Waals surface area contributed by atoms with Gasteiger partial charge < -0.3 is 10.1 Å². The van der Waals surface area contributed by atoms with E-state index < -0.39 is 0 Å². The third-order valence-corrected chi connectivity index (χ3v) is 3.57. The van der Waals surface area contributed by atoms with Gasteiger partial charge in [0, 0.05) is 13.2 Å². The van der Waals surface area contributed by atoms with Gasteiger partial charge in [-0.2, -0.15) is 0 Å². The average Bonchev–Trinajstić information content (AvgIpc) is 2.11. The highest BCUT2D eigenvalue weighted by Crippen LogP contribution is 2.37. The fourth-order valence-electron chi connectivity index (χ4n) is 1.79. The summed E-state index contributed by atoms with van der Waals surface area (Å²) in [6, 6.07) is 0.242. The van der Waals surface area contributed by atoms with E-state index in [1.165, 1.54) is 6.42 Å². The molecule has 0 spiro atoms. The third-order valence-electron chi connectivity index (χ3n) is 3.57. The summed E-state index contributed by atoms with van der Waals surface area (Å²) in [7, 11) is 1.71. The number of hydrogen-bond acceptors (Lipinski definition) is 2. The van der Waals surface area contributed by atoms with Gasteiger partial charge in [0.1, 0.15) is 0 Å². The van der Waals surface area contributed by atoms with Gasteiger partial charge >= 0.3 is 0 Å². The van der Waals surface area contributed by atoms with Crippen molar-refractivity contribution in [3.63, 3.8) is 0 Å². The minimum Gasteiger partial charge on any atom is -0.378 e. The topological polar surface area (TPSA) is 38.3 Å². The van der Waals surface area contributed by atoms with Crippen LogP contribution in [0.25, 0.3) is 0 Å². The van der Waals surface area contributed by atoms with E-state index >= 15 is 0 Å². The molecule has 3 nitrogen and oxygen atoms in total. The first kappa shape index (κ1) is 12.5. The van der Waals surface area contributed by atoms with Crippen molar-refractivity contribution >= 4 is 5.91 Å². The Labute approximate surface area is 92.6 Å². The van der Waals surface area contributed by atoms with Crippen LogP contribution in [0.1, 0.15) is 46.5 Å². The summed E-state index contributed by atoms with van der Waals surface area (Å²) in [6.45, 7) is 6.27. The maximum atomic E-state index is 11.7. The quantitative estimate of drug-likeness (QED) is 0.759. The lowest BCUT2D eigenvalue weighted by molar-refractivity contribution is -0.135. The molecule has 1 saturated carbocycles. The molecule has 1 aliphatic carbocycles. The van der Waals surface area contributed by atoms with E-state index in [-0.39, 0.29) is 17.6 Å². The molecular weight excluding hydrogens is 190 g/mol. The van der Waals surface area contributed by atoms with Crippen LogP contribution in [0.4, 0.5) is 0 Å². The van der Waals surface area contributed by atoms with Crippen LogP contribution in [0.15, 0.2) is 0 Å². The van der Waals surface area contributed by atoms with E-state index in [0.717, 1.165) is 12.8 Å². The van der Waals surface area contributed by atoms with Gasteiger partial charge in [-0.25, -0.2) is 0 Å². The van der Waals surface area contributed by atoms with Gasteiger partial charge in [0.25, 0.3) is 0 Å². The Morgan fingerprint density at radius 1 is 1.40 bits per heavy atom. The van der Waals surface area contributed by atoms with Crippen LogP contribution in [0.3, 0.4) is 0 Å². The zero-order valence-electron chi connectivity index (χ0n) is 10.3. The number of ether oxygens (including phenoxy) is 1. The van der Waals surface area contributed by atoms with Crippen molar-refractivity contribution < 1.29 is 9.53 Å². The van der Waals surface area contributed by atoms with Crippen LogP contribution in [0.5, 0.6) is 0 Å². The number of amides is 1. The molecule has 0 saturated heterocycles. The molecule has 15 heavy (non-hydrogen) atoms. The molecule has 1 N–H and O–H groups in total. The summed E-state index contributed by atoms with van der Waals surface area (Å²) < 4.78 is 5.43. The van der Waals surface area contributed by atoms with Gasteiger partial charge in [0.2, 0.25) is 5.91 Å². The fraction of sp³-hybridized carbons (Fsp3) is 0.917. The van der Waals surface area contributed by atoms with Crippen molar-refractivity contribution in [2.75, 3.05) is 7.11 Å². The Morgan fingerprint density at radius 3 is 2.33 bits per heavy atom. The highest BCUT2D eigenvalue weighted by molar-refractivity contribution is 5.77. The third kappa shape index (κ3) is 3.20. The standard InChI is InChI=1S/C12H23NO2/c1-9(2)10(3)13-11(14)8-12(15-4)6-5-7-12/h9-10H,5-8H2,1-4H3,(H,13,14)/t10-/m1/s1. The van der Waals surface area contributed by atoms with Gasteiger partial charge in [-0.3, -0.25) is 4.79 Å². The largest absolute Gasteiger partial charge is 0.378 e. The number of carbonyl (C=O) groups is 1. The number of rotatable bonds is 5. The first-order valence-corrected chi connectivity index (χ1v) is 5.83. The highest BCUT2D eigenvalue weighted by atomic mass is 16.5. The predicted octanol–water partition coefficient (Wildman–Crippen LogP) is 2.11. The van der Waals surface area contributed by atoms with Crippen LogP contribution in [-0.4, -0.2) is 24.7 Å². The van der Waals surface area contributed by atoms with Crippen molar-refractivity contribution in [3.8, 4) is 0 Å². The SMILES string of the molecule is COC1(CC(=O)N[C@H](C)C(C)C)CCC1. The van der Waals surface area contributed by atoms with Gasteiger partial charge in [0.05, 0.1) is 12.0 Å². The molecule has 0 aliphatic heterocycles. The molecule has 1 aliphatic rings. The molecule has 3 heteroatoms. The zero-order chi connectivity index (χ0) is 11.5. The van der Waals surface area contributed by atoms with Crippen LogP contribution in [0.2, 0.25) is 0 Å². The van der Waals surface area contributed by atoms with E-state index in [0.29, 0.717) is 12.3 Å². The second kappa shape index (κ2) is 4.97. The Balaban J connectivity index is 2.35. The monoisotopic (exact) mass is 213 g/mol. The van der Waals surface area contributed by atoms with Gasteiger partial charge in [-0.05, 0) is 32.1 Å². The molecule has 0 aromatic heterocycles. The fourth-order valence-corrected chi connectivity index (χ4v) is 1.79. The first-order chi connectivity index (χ1) is 6.99. The molecule has 0 unspecified atom stereocenters. The summed E-state index contributed by atoms with van der Waals surface area (Å²) >= 11 is 0. The summed E-state index contributed by atoms with van der Waals surface area (Å²) in [5.41, 5.74) is -0.152. The average molecular weight is 213 g/mol. The zero-order valence-corrected chi connectivity index (χ0v) is 10.3. The summed E-state index contributed by atoms with van der Waals surface area (Å²) in [5, 5.41) is 3.02. The number of methoxy groups -OCH3 is 1. The predicted molar refractivity (Wildman–Crippen MR) is 60.7 cm³/mol. The molecule has 88 valence electrons. The minimum atomic E-state index is -0.152. The molecular formula is C12H23NO2. The van der Waals surface area contributed by atoms with Gasteiger partial charge in [-0.15, -0.1) is 0 Å². The molecule has 1 fully saturated rings. The highest BCUT2D eigenvalue weighted by Gasteiger charge is 2.39. The molecule has 0 bridgehead atoms. The Morgan fingerprint density at radius 2 is 2.00 bits per heavy atom. The summed E-state index contributed by atoms with van der Waals surface area (Å²) in [6.07, 6.45) is 3.74. The maximum absolute atomic E-state index is 11.7. The second-order valence-electron chi connectivity index (χ2n) is 5.02. The van der Waals surface area contributed by atoms with E-state index in [2.05, 4.69) is 19.2 Å². The normalized spacial score (nSPS) is 20.9. The van der Waals surface area contributed by atoms with Gasteiger partial charge in [0.15, 0.2) is 0 Å². The molecule has 1 atom stereocenters. The van der Waals surface area contributed by atoms with Crippen LogP contribution < -0.4 is 5.32 Å². The van der Waals surface area contributed by atoms with Crippen molar-refractivity contribution in [1.82, 2.24) is 5.32 Å². The Hall–Kier alpha value is -0.570. The van der Waals surface area contributed by atoms with Gasteiger partial charge in [-0.1, -0.05) is 13.8 Å². The van der Waals surface area contributed by atoms with Crippen molar-refractivity contribution in [2.45, 2.75) is 58.1 Å². The number of carbonyl (C=O) groups excluding carboxylic acids is 1. The molecule has 0 aromatic carbocycles. The smallest absolute Gasteiger partial charge is 0.223 e. The Kier molecular flexibility index (Phi) is 4.14. The van der Waals surface area contributed by atoms with E-state index in [1.807, 2.05) is 6.92 Å². The van der Waals surface area contributed by atoms with E-state index in [4.69, 9.17) is 4.74 Å². The van der Waals surface area contributed by atoms with Crippen LogP contribution >= 0.6 is 0 Å².